The molecule has 0 radical (unpaired) electrons. The number of nitrogens with one attached hydrogen (secondary N) is 2. The van der Waals surface area contributed by atoms with E-state index in [0.717, 1.165) is 11.1 Å². The standard InChI is InChI=1S/C25H21N3O3/c1-16-4-7-19(8-5-16)25(11-14-31-21-3-2-12-26-22(21)25)28-23(29)18-6-9-20-17(15-18)10-13-27-24(20)30/h2-10,12-13,15H,11,14H2,1H3,(H,27,30)(H,28,29)/t25-/m0/s1. The maximum absolute atomic E-state index is 13.4. The molecule has 2 N–H and O–H groups in total. The maximum atomic E-state index is 13.4. The van der Waals surface area contributed by atoms with E-state index in [-0.39, 0.29) is 11.5 Å². The highest BCUT2D eigenvalue weighted by Crippen LogP contribution is 2.40. The molecule has 1 atom stereocenters. The van der Waals surface area contributed by atoms with Gasteiger partial charge in [0.05, 0.1) is 6.61 Å². The minimum Gasteiger partial charge on any atom is -0.491 e. The number of ether oxygens (including phenoxy) is 1. The minimum absolute atomic E-state index is 0.178. The molecule has 0 saturated heterocycles. The van der Waals surface area contributed by atoms with Crippen molar-refractivity contribution in [2.24, 2.45) is 0 Å². The lowest BCUT2D eigenvalue weighted by atomic mass is 9.81. The van der Waals surface area contributed by atoms with Crippen LogP contribution in [0.4, 0.5) is 0 Å². The zero-order valence-electron chi connectivity index (χ0n) is 17.0. The minimum atomic E-state index is -0.817. The number of aromatic nitrogens is 2. The number of nitrogens with zero attached hydrogens (tertiary/aromatic N) is 1. The van der Waals surface area contributed by atoms with Gasteiger partial charge in [0.15, 0.2) is 0 Å². The number of benzene rings is 2. The highest BCUT2D eigenvalue weighted by molar-refractivity contribution is 5.99. The largest absolute Gasteiger partial charge is 0.491 e. The third-order valence-corrected chi connectivity index (χ3v) is 5.82. The molecule has 3 heterocycles. The predicted molar refractivity (Wildman–Crippen MR) is 118 cm³/mol. The van der Waals surface area contributed by atoms with Gasteiger partial charge in [0.25, 0.3) is 11.5 Å². The Morgan fingerprint density at radius 3 is 2.81 bits per heavy atom. The summed E-state index contributed by atoms with van der Waals surface area (Å²) in [7, 11) is 0. The van der Waals surface area contributed by atoms with E-state index in [9.17, 15) is 9.59 Å². The number of hydrogen-bond acceptors (Lipinski definition) is 4. The highest BCUT2D eigenvalue weighted by Gasteiger charge is 2.42. The van der Waals surface area contributed by atoms with Gasteiger partial charge in [0.1, 0.15) is 17.0 Å². The Kier molecular flexibility index (Phi) is 4.55. The summed E-state index contributed by atoms with van der Waals surface area (Å²) in [6.07, 6.45) is 3.85. The second-order valence-corrected chi connectivity index (χ2v) is 7.78. The van der Waals surface area contributed by atoms with Gasteiger partial charge < -0.3 is 15.0 Å². The Hall–Kier alpha value is -3.93. The summed E-state index contributed by atoms with van der Waals surface area (Å²) < 4.78 is 5.83. The van der Waals surface area contributed by atoms with Crippen molar-refractivity contribution >= 4 is 16.7 Å². The van der Waals surface area contributed by atoms with Crippen LogP contribution in [-0.4, -0.2) is 22.5 Å². The van der Waals surface area contributed by atoms with E-state index in [2.05, 4.69) is 15.3 Å². The number of carbonyl (C=O) groups is 1. The molecule has 4 aromatic rings. The number of H-pyrrole nitrogens is 1. The second-order valence-electron chi connectivity index (χ2n) is 7.78. The quantitative estimate of drug-likeness (QED) is 0.539. The predicted octanol–water partition coefficient (Wildman–Crippen LogP) is 3.69. The number of amides is 1. The number of hydrogen-bond donors (Lipinski definition) is 2. The van der Waals surface area contributed by atoms with Crippen LogP contribution in [0.2, 0.25) is 0 Å². The second kappa shape index (κ2) is 7.40. The van der Waals surface area contributed by atoms with E-state index < -0.39 is 5.54 Å². The zero-order chi connectivity index (χ0) is 21.4. The molecule has 0 unspecified atom stereocenters. The molecule has 31 heavy (non-hydrogen) atoms. The number of carbonyl (C=O) groups excluding carboxylic acids is 1. The van der Waals surface area contributed by atoms with Gasteiger partial charge in [-0.2, -0.15) is 0 Å². The van der Waals surface area contributed by atoms with Crippen LogP contribution < -0.4 is 15.6 Å². The van der Waals surface area contributed by atoms with Gasteiger partial charge in [-0.05, 0) is 54.3 Å². The molecule has 0 saturated carbocycles. The lowest BCUT2D eigenvalue weighted by Crippen LogP contribution is -2.50. The molecule has 1 aliphatic rings. The van der Waals surface area contributed by atoms with Crippen molar-refractivity contribution in [1.82, 2.24) is 15.3 Å². The van der Waals surface area contributed by atoms with Crippen molar-refractivity contribution < 1.29 is 9.53 Å². The first-order valence-corrected chi connectivity index (χ1v) is 10.2. The van der Waals surface area contributed by atoms with Crippen LogP contribution in [-0.2, 0) is 5.54 Å². The Labute approximate surface area is 178 Å². The van der Waals surface area contributed by atoms with Crippen LogP contribution in [0.3, 0.4) is 0 Å². The fourth-order valence-corrected chi connectivity index (χ4v) is 4.17. The molecule has 1 amide bonds. The third-order valence-electron chi connectivity index (χ3n) is 5.82. The molecular formula is C25H21N3O3. The lowest BCUT2D eigenvalue weighted by Gasteiger charge is -2.39. The van der Waals surface area contributed by atoms with Crippen molar-refractivity contribution in [3.8, 4) is 5.75 Å². The van der Waals surface area contributed by atoms with Crippen LogP contribution in [0.15, 0.2) is 77.9 Å². The smallest absolute Gasteiger partial charge is 0.255 e. The summed E-state index contributed by atoms with van der Waals surface area (Å²) in [6.45, 7) is 2.49. The van der Waals surface area contributed by atoms with Crippen molar-refractivity contribution in [2.75, 3.05) is 6.61 Å². The van der Waals surface area contributed by atoms with Gasteiger partial charge in [-0.25, -0.2) is 0 Å². The SMILES string of the molecule is Cc1ccc([C@@]2(NC(=O)c3ccc4c(=O)[nH]ccc4c3)CCOc3cccnc32)cc1. The third kappa shape index (κ3) is 3.26. The number of aryl methyl sites for hydroxylation is 1. The summed E-state index contributed by atoms with van der Waals surface area (Å²) in [5, 5.41) is 4.51. The molecule has 0 fully saturated rings. The first-order chi connectivity index (χ1) is 15.1. The van der Waals surface area contributed by atoms with Crippen LogP contribution in [0, 0.1) is 6.92 Å². The van der Waals surface area contributed by atoms with E-state index in [0.29, 0.717) is 40.8 Å². The molecule has 2 aromatic heterocycles. The van der Waals surface area contributed by atoms with Gasteiger partial charge in [-0.3, -0.25) is 14.6 Å². The highest BCUT2D eigenvalue weighted by atomic mass is 16.5. The number of pyridine rings is 2. The van der Waals surface area contributed by atoms with Gasteiger partial charge in [0, 0.05) is 29.8 Å². The molecule has 2 aromatic carbocycles. The van der Waals surface area contributed by atoms with E-state index >= 15 is 0 Å². The molecule has 0 bridgehead atoms. The van der Waals surface area contributed by atoms with Crippen molar-refractivity contribution in [2.45, 2.75) is 18.9 Å². The summed E-state index contributed by atoms with van der Waals surface area (Å²) >= 11 is 0. The van der Waals surface area contributed by atoms with Crippen molar-refractivity contribution in [3.63, 3.8) is 0 Å². The molecule has 0 spiro atoms. The number of rotatable bonds is 3. The molecule has 1 aliphatic heterocycles. The summed E-state index contributed by atoms with van der Waals surface area (Å²) in [4.78, 5) is 32.7. The topological polar surface area (TPSA) is 84.1 Å². The van der Waals surface area contributed by atoms with E-state index in [1.807, 2.05) is 43.3 Å². The van der Waals surface area contributed by atoms with Gasteiger partial charge in [-0.15, -0.1) is 0 Å². The molecule has 0 aliphatic carbocycles. The Bertz CT molecular complexity index is 1340. The maximum Gasteiger partial charge on any atom is 0.255 e. The van der Waals surface area contributed by atoms with Crippen molar-refractivity contribution in [3.05, 3.63) is 106 Å². The summed E-state index contributed by atoms with van der Waals surface area (Å²) in [5.41, 5.74) is 2.26. The average molecular weight is 411 g/mol. The zero-order valence-corrected chi connectivity index (χ0v) is 17.0. The van der Waals surface area contributed by atoms with Gasteiger partial charge in [0.2, 0.25) is 0 Å². The normalized spacial score (nSPS) is 17.6. The Balaban J connectivity index is 1.61. The molecule has 6 heteroatoms. The van der Waals surface area contributed by atoms with Gasteiger partial charge >= 0.3 is 0 Å². The van der Waals surface area contributed by atoms with E-state index in [1.165, 1.54) is 0 Å². The van der Waals surface area contributed by atoms with Gasteiger partial charge in [-0.1, -0.05) is 29.8 Å². The van der Waals surface area contributed by atoms with Crippen molar-refractivity contribution in [1.29, 1.82) is 0 Å². The number of aromatic amines is 1. The molecule has 6 nitrogen and oxygen atoms in total. The fraction of sp³-hybridized carbons (Fsp3) is 0.160. The van der Waals surface area contributed by atoms with E-state index in [1.54, 1.807) is 36.7 Å². The Morgan fingerprint density at radius 1 is 1.13 bits per heavy atom. The Morgan fingerprint density at radius 2 is 1.97 bits per heavy atom. The fourth-order valence-electron chi connectivity index (χ4n) is 4.17. The lowest BCUT2D eigenvalue weighted by molar-refractivity contribution is 0.0884. The average Bonchev–Trinajstić information content (AvgIpc) is 2.79. The van der Waals surface area contributed by atoms with Crippen LogP contribution in [0.25, 0.3) is 10.8 Å². The monoisotopic (exact) mass is 411 g/mol. The summed E-state index contributed by atoms with van der Waals surface area (Å²) in [6, 6.07) is 18.7. The number of fused-ring (bicyclic) bond motifs is 2. The first-order valence-electron chi connectivity index (χ1n) is 10.2. The summed E-state index contributed by atoms with van der Waals surface area (Å²) in [5.74, 6) is 0.431. The molecule has 5 rings (SSSR count). The molecule has 154 valence electrons. The van der Waals surface area contributed by atoms with E-state index in [4.69, 9.17) is 4.74 Å². The molecular weight excluding hydrogens is 390 g/mol. The van der Waals surface area contributed by atoms with Crippen LogP contribution in [0.5, 0.6) is 5.75 Å². The van der Waals surface area contributed by atoms with Crippen LogP contribution >= 0.6 is 0 Å². The van der Waals surface area contributed by atoms with Crippen LogP contribution in [0.1, 0.15) is 33.6 Å². The first kappa shape index (κ1) is 19.1.